The van der Waals surface area contributed by atoms with Crippen molar-refractivity contribution in [1.29, 1.82) is 0 Å². The highest BCUT2D eigenvalue weighted by Gasteiger charge is 2.63. The van der Waals surface area contributed by atoms with Crippen molar-refractivity contribution < 1.29 is 22.7 Å². The number of halogens is 3. The first-order valence-electron chi connectivity index (χ1n) is 12.7. The van der Waals surface area contributed by atoms with Crippen LogP contribution in [-0.2, 0) is 17.8 Å². The number of fused-ring (bicyclic) bond motifs is 1. The number of rotatable bonds is 6. The second-order valence-electron chi connectivity index (χ2n) is 11.8. The maximum Gasteiger partial charge on any atom is 0.397 e. The molecule has 4 rings (SSSR count). The summed E-state index contributed by atoms with van der Waals surface area (Å²) in [6, 6.07) is 9.93. The highest BCUT2D eigenvalue weighted by molar-refractivity contribution is 5.93. The molecule has 1 N–H and O–H groups in total. The summed E-state index contributed by atoms with van der Waals surface area (Å²) in [5.74, 6) is 0.533. The monoisotopic (exact) mass is 502 g/mol. The van der Waals surface area contributed by atoms with E-state index >= 15 is 0 Å². The number of nitrogens with zero attached hydrogens (tertiary/aromatic N) is 1. The predicted octanol–water partition coefficient (Wildman–Crippen LogP) is 7.35. The maximum atomic E-state index is 13.2. The minimum atomic E-state index is -4.21. The number of ether oxygens (including phenoxy) is 1. The molecular weight excluding hydrogens is 465 g/mol. The van der Waals surface area contributed by atoms with Gasteiger partial charge in [0.25, 0.3) is 0 Å². The Labute approximate surface area is 212 Å². The molecule has 0 bridgehead atoms. The lowest BCUT2D eigenvalue weighted by Crippen LogP contribution is -2.30. The third-order valence-corrected chi connectivity index (χ3v) is 7.22. The summed E-state index contributed by atoms with van der Waals surface area (Å²) in [6.45, 7) is 11.5. The van der Waals surface area contributed by atoms with Crippen LogP contribution < -0.4 is 15.0 Å². The van der Waals surface area contributed by atoms with E-state index < -0.39 is 11.6 Å². The summed E-state index contributed by atoms with van der Waals surface area (Å²) >= 11 is 0. The van der Waals surface area contributed by atoms with Crippen LogP contribution >= 0.6 is 0 Å². The van der Waals surface area contributed by atoms with Crippen molar-refractivity contribution in [3.05, 3.63) is 52.6 Å². The van der Waals surface area contributed by atoms with Crippen LogP contribution in [0.25, 0.3) is 0 Å². The molecule has 7 heteroatoms. The summed E-state index contributed by atoms with van der Waals surface area (Å²) in [4.78, 5) is 14.8. The number of hydrogen-bond acceptors (Lipinski definition) is 3. The van der Waals surface area contributed by atoms with E-state index in [4.69, 9.17) is 4.74 Å². The molecule has 2 aromatic carbocycles. The number of aryl methyl sites for hydroxylation is 3. The van der Waals surface area contributed by atoms with E-state index in [-0.39, 0.29) is 30.8 Å². The van der Waals surface area contributed by atoms with Crippen molar-refractivity contribution in [3.63, 3.8) is 0 Å². The molecule has 1 amide bonds. The Bertz CT molecular complexity index is 1110. The van der Waals surface area contributed by atoms with Gasteiger partial charge in [-0.05, 0) is 91.5 Å². The van der Waals surface area contributed by atoms with E-state index in [0.717, 1.165) is 59.6 Å². The molecule has 1 heterocycles. The highest BCUT2D eigenvalue weighted by Crippen LogP contribution is 2.57. The number of benzene rings is 2. The zero-order valence-electron chi connectivity index (χ0n) is 21.9. The molecule has 0 saturated heterocycles. The van der Waals surface area contributed by atoms with E-state index in [1.165, 1.54) is 0 Å². The normalized spacial score (nSPS) is 17.3. The molecule has 0 spiro atoms. The van der Waals surface area contributed by atoms with Gasteiger partial charge in [0.1, 0.15) is 17.8 Å². The van der Waals surface area contributed by atoms with Crippen LogP contribution in [0.2, 0.25) is 0 Å². The Kier molecular flexibility index (Phi) is 7.06. The molecule has 1 aliphatic heterocycles. The number of anilines is 2. The average molecular weight is 503 g/mol. The standard InChI is InChI=1S/C29H37F3N2O2/c1-19-13-23(14-20(2)26(19)33-25(35)16-27(3,4)5)34-12-6-7-21-15-24(9-8-22(21)17-34)36-18-28(10-11-28)29(30,31)32/h8-9,13-15H,6-7,10-12,16-18H2,1-5H3,(H,33,35). The molecule has 1 fully saturated rings. The third kappa shape index (κ3) is 5.98. The van der Waals surface area contributed by atoms with E-state index in [9.17, 15) is 18.0 Å². The maximum absolute atomic E-state index is 13.2. The first-order valence-corrected chi connectivity index (χ1v) is 12.7. The van der Waals surface area contributed by atoms with Crippen LogP contribution in [-0.4, -0.2) is 25.2 Å². The predicted molar refractivity (Wildman–Crippen MR) is 138 cm³/mol. The molecule has 0 unspecified atom stereocenters. The molecule has 0 radical (unpaired) electrons. The molecule has 2 aromatic rings. The molecule has 196 valence electrons. The lowest BCUT2D eigenvalue weighted by atomic mass is 9.92. The Morgan fingerprint density at radius 2 is 1.72 bits per heavy atom. The molecule has 1 saturated carbocycles. The van der Waals surface area contributed by atoms with Gasteiger partial charge >= 0.3 is 6.18 Å². The summed E-state index contributed by atoms with van der Waals surface area (Å²) in [7, 11) is 0. The van der Waals surface area contributed by atoms with E-state index in [1.54, 1.807) is 6.07 Å². The Morgan fingerprint density at radius 3 is 2.31 bits per heavy atom. The fraction of sp³-hybridized carbons (Fsp3) is 0.552. The van der Waals surface area contributed by atoms with E-state index in [0.29, 0.717) is 12.2 Å². The third-order valence-electron chi connectivity index (χ3n) is 7.22. The summed E-state index contributed by atoms with van der Waals surface area (Å²) < 4.78 is 45.3. The van der Waals surface area contributed by atoms with Gasteiger partial charge in [0.05, 0.1) is 0 Å². The number of carbonyl (C=O) groups is 1. The summed E-state index contributed by atoms with van der Waals surface area (Å²) in [5, 5.41) is 3.09. The topological polar surface area (TPSA) is 41.6 Å². The zero-order valence-corrected chi connectivity index (χ0v) is 21.9. The van der Waals surface area contributed by atoms with Gasteiger partial charge in [-0.2, -0.15) is 13.2 Å². The van der Waals surface area contributed by atoms with Crippen molar-refractivity contribution >= 4 is 17.3 Å². The molecule has 0 aromatic heterocycles. The average Bonchev–Trinajstić information content (AvgIpc) is 3.57. The Morgan fingerprint density at radius 1 is 1.06 bits per heavy atom. The summed E-state index contributed by atoms with van der Waals surface area (Å²) in [5.41, 5.74) is 4.59. The van der Waals surface area contributed by atoms with Crippen molar-refractivity contribution in [2.24, 2.45) is 10.8 Å². The fourth-order valence-electron chi connectivity index (χ4n) is 4.91. The SMILES string of the molecule is Cc1cc(N2CCCc3cc(OCC4(C(F)(F)F)CC4)ccc3C2)cc(C)c1NC(=O)CC(C)(C)C. The van der Waals surface area contributed by atoms with Crippen molar-refractivity contribution in [1.82, 2.24) is 0 Å². The summed E-state index contributed by atoms with van der Waals surface area (Å²) in [6.07, 6.45) is -1.67. The Hall–Kier alpha value is -2.70. The van der Waals surface area contributed by atoms with Crippen LogP contribution in [0.15, 0.2) is 30.3 Å². The second kappa shape index (κ2) is 9.64. The van der Waals surface area contributed by atoms with Gasteiger partial charge in [0.15, 0.2) is 0 Å². The largest absolute Gasteiger partial charge is 0.493 e. The lowest BCUT2D eigenvalue weighted by molar-refractivity contribution is -0.194. The first-order chi connectivity index (χ1) is 16.8. The number of nitrogens with one attached hydrogen (secondary N) is 1. The van der Waals surface area contributed by atoms with Crippen molar-refractivity contribution in [2.75, 3.05) is 23.4 Å². The molecule has 2 aliphatic rings. The number of carbonyl (C=O) groups excluding carboxylic acids is 1. The van der Waals surface area contributed by atoms with Gasteiger partial charge < -0.3 is 15.0 Å². The molecule has 4 nitrogen and oxygen atoms in total. The van der Waals surface area contributed by atoms with Gasteiger partial charge in [-0.25, -0.2) is 0 Å². The van der Waals surface area contributed by atoms with Crippen LogP contribution in [0.3, 0.4) is 0 Å². The molecule has 0 atom stereocenters. The van der Waals surface area contributed by atoms with Crippen molar-refractivity contribution in [2.45, 2.75) is 79.4 Å². The smallest absolute Gasteiger partial charge is 0.397 e. The highest BCUT2D eigenvalue weighted by atomic mass is 19.4. The van der Waals surface area contributed by atoms with E-state index in [1.807, 2.05) is 46.8 Å². The van der Waals surface area contributed by atoms with Crippen LogP contribution in [0.5, 0.6) is 5.75 Å². The molecular formula is C29H37F3N2O2. The van der Waals surface area contributed by atoms with E-state index in [2.05, 4.69) is 22.3 Å². The van der Waals surface area contributed by atoms with Crippen molar-refractivity contribution in [3.8, 4) is 5.75 Å². The lowest BCUT2D eigenvalue weighted by Gasteiger charge is -2.26. The number of alkyl halides is 3. The molecule has 1 aliphatic carbocycles. The number of hydrogen-bond donors (Lipinski definition) is 1. The first kappa shape index (κ1) is 26.4. The van der Waals surface area contributed by atoms with Gasteiger partial charge in [0.2, 0.25) is 5.91 Å². The van der Waals surface area contributed by atoms with Crippen LogP contribution in [0.1, 0.15) is 68.7 Å². The quantitative estimate of drug-likeness (QED) is 0.449. The second-order valence-corrected chi connectivity index (χ2v) is 11.8. The minimum absolute atomic E-state index is 0.0195. The minimum Gasteiger partial charge on any atom is -0.493 e. The van der Waals surface area contributed by atoms with Crippen LogP contribution in [0, 0.1) is 24.7 Å². The Balaban J connectivity index is 1.46. The van der Waals surface area contributed by atoms with Gasteiger partial charge in [0, 0.05) is 30.9 Å². The fourth-order valence-corrected chi connectivity index (χ4v) is 4.91. The van der Waals surface area contributed by atoms with Gasteiger partial charge in [-0.3, -0.25) is 4.79 Å². The van der Waals surface area contributed by atoms with Gasteiger partial charge in [-0.1, -0.05) is 26.8 Å². The zero-order chi connectivity index (χ0) is 26.3. The number of amides is 1. The van der Waals surface area contributed by atoms with Gasteiger partial charge in [-0.15, -0.1) is 0 Å². The molecule has 36 heavy (non-hydrogen) atoms. The van der Waals surface area contributed by atoms with Crippen LogP contribution in [0.4, 0.5) is 24.5 Å².